The third-order valence-electron chi connectivity index (χ3n) is 8.62. The maximum atomic E-state index is 13.3. The number of pyridine rings is 3. The topological polar surface area (TPSA) is 96.2 Å². The zero-order valence-electron chi connectivity index (χ0n) is 23.8. The molecule has 0 atom stereocenters. The molecule has 3 aromatic heterocycles. The van der Waals surface area contributed by atoms with E-state index < -0.39 is 0 Å². The lowest BCUT2D eigenvalue weighted by Crippen LogP contribution is -2.17. The highest BCUT2D eigenvalue weighted by Gasteiger charge is 2.25. The van der Waals surface area contributed by atoms with Gasteiger partial charge >= 0.3 is 0 Å². The second kappa shape index (κ2) is 15.9. The highest BCUT2D eigenvalue weighted by Crippen LogP contribution is 2.35. The van der Waals surface area contributed by atoms with Crippen molar-refractivity contribution in [3.05, 3.63) is 89.5 Å². The fourth-order valence-electron chi connectivity index (χ4n) is 6.13. The van der Waals surface area contributed by atoms with Crippen molar-refractivity contribution in [2.45, 2.75) is 107 Å². The molecule has 3 aliphatic carbocycles. The van der Waals surface area contributed by atoms with E-state index in [2.05, 4.69) is 15.0 Å². The summed E-state index contributed by atoms with van der Waals surface area (Å²) in [5.74, 6) is -0.124. The Morgan fingerprint density at radius 1 is 0.524 bits per heavy atom. The summed E-state index contributed by atoms with van der Waals surface area (Å²) in [4.78, 5) is 21.9. The predicted molar refractivity (Wildman–Crippen MR) is 153 cm³/mol. The molecule has 0 aliphatic heterocycles. The number of halogens is 3. The van der Waals surface area contributed by atoms with Crippen LogP contribution in [0.1, 0.15) is 111 Å². The smallest absolute Gasteiger partial charge is 0.216 e. The first kappa shape index (κ1) is 31.8. The normalized spacial score (nSPS) is 24.5. The summed E-state index contributed by atoms with van der Waals surface area (Å²) in [7, 11) is 0. The first-order valence-corrected chi connectivity index (χ1v) is 15.0. The van der Waals surface area contributed by atoms with Gasteiger partial charge < -0.3 is 10.2 Å². The molecule has 0 amide bonds. The Morgan fingerprint density at radius 2 is 0.833 bits per heavy atom. The largest absolute Gasteiger partial charge is 0.393 e. The van der Waals surface area contributed by atoms with Gasteiger partial charge in [-0.2, -0.15) is 13.2 Å². The molecule has 3 aromatic rings. The monoisotopic (exact) mass is 583 g/mol. The van der Waals surface area contributed by atoms with Gasteiger partial charge in [0, 0.05) is 48.1 Å². The molecule has 6 nitrogen and oxygen atoms in total. The number of ketones is 1. The van der Waals surface area contributed by atoms with Gasteiger partial charge in [-0.3, -0.25) is 4.79 Å². The van der Waals surface area contributed by atoms with E-state index in [1.54, 1.807) is 36.4 Å². The molecular weight excluding hydrogens is 543 g/mol. The zero-order chi connectivity index (χ0) is 29.9. The maximum Gasteiger partial charge on any atom is 0.216 e. The fourth-order valence-corrected chi connectivity index (χ4v) is 6.13. The van der Waals surface area contributed by atoms with Crippen molar-refractivity contribution >= 4 is 5.78 Å². The lowest BCUT2D eigenvalue weighted by Gasteiger charge is -2.25. The van der Waals surface area contributed by atoms with E-state index in [1.807, 2.05) is 0 Å². The number of rotatable bonds is 3. The van der Waals surface area contributed by atoms with Crippen molar-refractivity contribution in [1.82, 2.24) is 15.0 Å². The van der Waals surface area contributed by atoms with Crippen LogP contribution in [0.3, 0.4) is 0 Å². The van der Waals surface area contributed by atoms with Crippen LogP contribution in [0.2, 0.25) is 0 Å². The van der Waals surface area contributed by atoms with E-state index in [9.17, 15) is 28.2 Å². The molecule has 9 heteroatoms. The number of hydrogen-bond acceptors (Lipinski definition) is 6. The molecule has 3 aliphatic rings. The molecular formula is C33H40F3N3O3. The van der Waals surface area contributed by atoms with E-state index in [-0.39, 0.29) is 47.8 Å². The third kappa shape index (κ3) is 9.16. The SMILES string of the molecule is O=C1CCC(c2cccnc2F)CC1.OC1CCC(c2cccnc2F)CC1.OC1CCC(c2cccnc2F)CC1. The van der Waals surface area contributed by atoms with Crippen LogP contribution >= 0.6 is 0 Å². The average molecular weight is 584 g/mol. The van der Waals surface area contributed by atoms with Gasteiger partial charge in [-0.05, 0) is 100 Å². The van der Waals surface area contributed by atoms with Gasteiger partial charge in [0.05, 0.1) is 12.2 Å². The number of Topliss-reactive ketones (excluding diaryl/α,β-unsaturated/α-hetero) is 1. The first-order chi connectivity index (χ1) is 20.3. The Bertz CT molecular complexity index is 1200. The molecule has 226 valence electrons. The molecule has 6 rings (SSSR count). The Hall–Kier alpha value is -3.17. The Kier molecular flexibility index (Phi) is 12.0. The van der Waals surface area contributed by atoms with Crippen molar-refractivity contribution in [2.24, 2.45) is 0 Å². The van der Waals surface area contributed by atoms with Gasteiger partial charge in [0.1, 0.15) is 5.78 Å². The Labute approximate surface area is 245 Å². The molecule has 0 unspecified atom stereocenters. The van der Waals surface area contributed by atoms with Gasteiger partial charge in [0.2, 0.25) is 17.8 Å². The molecule has 0 aromatic carbocycles. The molecule has 0 saturated heterocycles. The summed E-state index contributed by atoms with van der Waals surface area (Å²) in [6.07, 6.45) is 13.3. The number of carbonyl (C=O) groups is 1. The Morgan fingerprint density at radius 3 is 1.14 bits per heavy atom. The second-order valence-corrected chi connectivity index (χ2v) is 11.5. The molecule has 0 radical (unpaired) electrons. The van der Waals surface area contributed by atoms with Crippen LogP contribution in [0.5, 0.6) is 0 Å². The number of aromatic nitrogens is 3. The molecule has 3 saturated carbocycles. The minimum absolute atomic E-state index is 0.182. The van der Waals surface area contributed by atoms with Gasteiger partial charge in [-0.25, -0.2) is 15.0 Å². The first-order valence-electron chi connectivity index (χ1n) is 15.0. The number of hydrogen-bond donors (Lipinski definition) is 2. The predicted octanol–water partition coefficient (Wildman–Crippen LogP) is 6.93. The lowest BCUT2D eigenvalue weighted by atomic mass is 9.83. The quantitative estimate of drug-likeness (QED) is 0.325. The van der Waals surface area contributed by atoms with E-state index in [1.165, 1.54) is 18.6 Å². The molecule has 0 bridgehead atoms. The summed E-state index contributed by atoms with van der Waals surface area (Å²) in [5, 5.41) is 18.7. The van der Waals surface area contributed by atoms with E-state index in [0.29, 0.717) is 35.3 Å². The van der Waals surface area contributed by atoms with E-state index in [4.69, 9.17) is 0 Å². The van der Waals surface area contributed by atoms with Gasteiger partial charge in [0.15, 0.2) is 0 Å². The molecule has 3 fully saturated rings. The second-order valence-electron chi connectivity index (χ2n) is 11.5. The van der Waals surface area contributed by atoms with Crippen molar-refractivity contribution in [3.8, 4) is 0 Å². The van der Waals surface area contributed by atoms with Crippen LogP contribution in [0.25, 0.3) is 0 Å². The number of nitrogens with zero attached hydrogens (tertiary/aromatic N) is 3. The molecule has 0 spiro atoms. The van der Waals surface area contributed by atoms with Crippen LogP contribution in [-0.2, 0) is 4.79 Å². The van der Waals surface area contributed by atoms with Crippen molar-refractivity contribution in [1.29, 1.82) is 0 Å². The Balaban J connectivity index is 0.000000145. The number of aliphatic hydroxyl groups excluding tert-OH is 2. The average Bonchev–Trinajstić information content (AvgIpc) is 3.00. The van der Waals surface area contributed by atoms with Crippen LogP contribution in [-0.4, -0.2) is 43.2 Å². The minimum atomic E-state index is -0.383. The maximum absolute atomic E-state index is 13.3. The lowest BCUT2D eigenvalue weighted by molar-refractivity contribution is -0.120. The summed E-state index contributed by atoms with van der Waals surface area (Å²) in [5.41, 5.74) is 2.08. The van der Waals surface area contributed by atoms with Crippen molar-refractivity contribution in [3.63, 3.8) is 0 Å². The summed E-state index contributed by atoms with van der Waals surface area (Å²) < 4.78 is 39.9. The zero-order valence-corrected chi connectivity index (χ0v) is 23.8. The molecule has 42 heavy (non-hydrogen) atoms. The number of carbonyl (C=O) groups excluding carboxylic acids is 1. The molecule has 3 heterocycles. The van der Waals surface area contributed by atoms with Gasteiger partial charge in [-0.15, -0.1) is 0 Å². The van der Waals surface area contributed by atoms with Crippen LogP contribution < -0.4 is 0 Å². The van der Waals surface area contributed by atoms with E-state index in [0.717, 1.165) is 64.2 Å². The van der Waals surface area contributed by atoms with Crippen LogP contribution in [0.4, 0.5) is 13.2 Å². The van der Waals surface area contributed by atoms with Gasteiger partial charge in [-0.1, -0.05) is 18.2 Å². The van der Waals surface area contributed by atoms with Crippen molar-refractivity contribution in [2.75, 3.05) is 0 Å². The highest BCUT2D eigenvalue weighted by atomic mass is 19.1. The number of aliphatic hydroxyl groups is 2. The van der Waals surface area contributed by atoms with Crippen LogP contribution in [0.15, 0.2) is 55.0 Å². The molecule has 2 N–H and O–H groups in total. The standard InChI is InChI=1S/2C11H14FNO.C11H12FNO/c3*12-11-10(2-1-7-13-11)8-3-5-9(14)6-4-8/h2*1-2,7-9,14H,3-6H2;1-2,7-8H,3-6H2. The van der Waals surface area contributed by atoms with Crippen LogP contribution in [0, 0.1) is 17.8 Å². The minimum Gasteiger partial charge on any atom is -0.393 e. The highest BCUT2D eigenvalue weighted by molar-refractivity contribution is 5.79. The summed E-state index contributed by atoms with van der Waals surface area (Å²) in [6, 6.07) is 10.6. The third-order valence-corrected chi connectivity index (χ3v) is 8.62. The van der Waals surface area contributed by atoms with E-state index >= 15 is 0 Å². The van der Waals surface area contributed by atoms with Gasteiger partial charge in [0.25, 0.3) is 0 Å². The van der Waals surface area contributed by atoms with Crippen molar-refractivity contribution < 1.29 is 28.2 Å². The fraction of sp³-hybridized carbons (Fsp3) is 0.515. The summed E-state index contributed by atoms with van der Waals surface area (Å²) >= 11 is 0. The summed E-state index contributed by atoms with van der Waals surface area (Å²) in [6.45, 7) is 0.